The molecule has 174 valence electrons. The van der Waals surface area contributed by atoms with Gasteiger partial charge >= 0.3 is 5.51 Å². The molecule has 3 aromatic heterocycles. The van der Waals surface area contributed by atoms with E-state index in [4.69, 9.17) is 32.7 Å². The maximum absolute atomic E-state index is 12.8. The summed E-state index contributed by atoms with van der Waals surface area (Å²) in [5, 5.41) is 6.32. The molecular weight excluding hydrogens is 528 g/mol. The normalized spacial score (nSPS) is 12.2. The molecule has 5 aromatic rings. The summed E-state index contributed by atoms with van der Waals surface area (Å²) in [5.74, 6) is 0.950. The lowest BCUT2D eigenvalue weighted by Crippen LogP contribution is -1.98. The molecule has 0 aliphatic carbocycles. The van der Waals surface area contributed by atoms with E-state index >= 15 is 0 Å². The molecule has 3 heterocycles. The first-order chi connectivity index (χ1) is 16.2. The van der Waals surface area contributed by atoms with Crippen molar-refractivity contribution in [2.24, 2.45) is 0 Å². The van der Waals surface area contributed by atoms with Crippen LogP contribution in [0.5, 0.6) is 0 Å². The molecular formula is C22H13Cl2F3N4OS2. The van der Waals surface area contributed by atoms with Crippen LogP contribution in [-0.4, -0.2) is 30.8 Å². The zero-order chi connectivity index (χ0) is 24.0. The minimum atomic E-state index is -4.39. The van der Waals surface area contributed by atoms with Crippen molar-refractivity contribution in [1.29, 1.82) is 0 Å². The van der Waals surface area contributed by atoms with Gasteiger partial charge in [-0.05, 0) is 60.0 Å². The van der Waals surface area contributed by atoms with E-state index < -0.39 is 5.51 Å². The number of aromatic nitrogens is 4. The quantitative estimate of drug-likeness (QED) is 0.209. The second-order valence-electron chi connectivity index (χ2n) is 7.03. The number of fused-ring (bicyclic) bond motifs is 2. The first-order valence-electron chi connectivity index (χ1n) is 9.85. The van der Waals surface area contributed by atoms with Crippen molar-refractivity contribution in [1.82, 2.24) is 19.6 Å². The van der Waals surface area contributed by atoms with Gasteiger partial charge in [0.25, 0.3) is 0 Å². The van der Waals surface area contributed by atoms with E-state index in [1.54, 1.807) is 35.0 Å². The monoisotopic (exact) mass is 540 g/mol. The van der Waals surface area contributed by atoms with E-state index in [1.165, 1.54) is 30.0 Å². The van der Waals surface area contributed by atoms with Crippen molar-refractivity contribution in [2.75, 3.05) is 5.75 Å². The number of hydrogen-bond donors (Lipinski definition) is 0. The Labute approximate surface area is 209 Å². The summed E-state index contributed by atoms with van der Waals surface area (Å²) in [6.07, 6.45) is 1.63. The zero-order valence-electron chi connectivity index (χ0n) is 17.2. The Morgan fingerprint density at radius 2 is 1.82 bits per heavy atom. The summed E-state index contributed by atoms with van der Waals surface area (Å²) < 4.78 is 46.0. The van der Waals surface area contributed by atoms with Crippen LogP contribution in [0, 0.1) is 0 Å². The van der Waals surface area contributed by atoms with Gasteiger partial charge in [0.15, 0.2) is 11.2 Å². The molecule has 0 N–H and O–H groups in total. The molecule has 0 atom stereocenters. The lowest BCUT2D eigenvalue weighted by atomic mass is 10.1. The van der Waals surface area contributed by atoms with Crippen LogP contribution in [0.15, 0.2) is 63.0 Å². The SMILES string of the molecule is CCSc1nn2c(-c3cc(Cl)cc(Cl)c3)ccnc2c1-c1nc2cc(SC(F)(F)F)ccc2o1. The highest BCUT2D eigenvalue weighted by molar-refractivity contribution is 8.00. The van der Waals surface area contributed by atoms with Gasteiger partial charge in [-0.1, -0.05) is 30.1 Å². The molecule has 0 unspecified atom stereocenters. The van der Waals surface area contributed by atoms with Gasteiger partial charge in [0.1, 0.15) is 16.1 Å². The molecule has 0 saturated carbocycles. The van der Waals surface area contributed by atoms with Crippen LogP contribution in [0.1, 0.15) is 6.92 Å². The molecule has 0 spiro atoms. The van der Waals surface area contributed by atoms with Crippen molar-refractivity contribution in [3.63, 3.8) is 0 Å². The van der Waals surface area contributed by atoms with E-state index in [9.17, 15) is 13.2 Å². The van der Waals surface area contributed by atoms with Gasteiger partial charge < -0.3 is 4.42 Å². The number of oxazole rings is 1. The maximum atomic E-state index is 12.8. The summed E-state index contributed by atoms with van der Waals surface area (Å²) >= 11 is 13.7. The fraction of sp³-hybridized carbons (Fsp3) is 0.136. The van der Waals surface area contributed by atoms with E-state index in [-0.39, 0.29) is 22.5 Å². The van der Waals surface area contributed by atoms with E-state index in [0.29, 0.717) is 43.1 Å². The maximum Gasteiger partial charge on any atom is 0.446 e. The molecule has 0 aliphatic rings. The molecule has 0 saturated heterocycles. The Morgan fingerprint density at radius 1 is 1.06 bits per heavy atom. The largest absolute Gasteiger partial charge is 0.446 e. The van der Waals surface area contributed by atoms with Crippen LogP contribution in [0.2, 0.25) is 10.0 Å². The highest BCUT2D eigenvalue weighted by Gasteiger charge is 2.30. The first kappa shape index (κ1) is 23.3. The third-order valence-electron chi connectivity index (χ3n) is 4.73. The molecule has 0 amide bonds. The topological polar surface area (TPSA) is 56.2 Å². The molecule has 0 bridgehead atoms. The average molecular weight is 541 g/mol. The number of alkyl halides is 3. The van der Waals surface area contributed by atoms with Gasteiger partial charge in [-0.2, -0.15) is 18.3 Å². The van der Waals surface area contributed by atoms with Gasteiger partial charge in [0.05, 0.1) is 5.69 Å². The van der Waals surface area contributed by atoms with Gasteiger partial charge in [-0.3, -0.25) is 0 Å². The van der Waals surface area contributed by atoms with Crippen LogP contribution in [0.4, 0.5) is 13.2 Å². The predicted molar refractivity (Wildman–Crippen MR) is 130 cm³/mol. The van der Waals surface area contributed by atoms with E-state index in [0.717, 1.165) is 11.3 Å². The predicted octanol–water partition coefficient (Wildman–Crippen LogP) is 8.24. The summed E-state index contributed by atoms with van der Waals surface area (Å²) in [6.45, 7) is 1.98. The van der Waals surface area contributed by atoms with Gasteiger partial charge in [0, 0.05) is 26.7 Å². The number of nitrogens with zero attached hydrogens (tertiary/aromatic N) is 4. The summed E-state index contributed by atoms with van der Waals surface area (Å²) in [6, 6.07) is 11.2. The molecule has 0 aliphatic heterocycles. The summed E-state index contributed by atoms with van der Waals surface area (Å²) in [7, 11) is 0. The Hall–Kier alpha value is -2.40. The van der Waals surface area contributed by atoms with Gasteiger partial charge in [-0.25, -0.2) is 14.5 Å². The molecule has 5 rings (SSSR count). The van der Waals surface area contributed by atoms with Crippen molar-refractivity contribution < 1.29 is 17.6 Å². The smallest absolute Gasteiger partial charge is 0.436 e. The molecule has 0 fully saturated rings. The van der Waals surface area contributed by atoms with Crippen molar-refractivity contribution >= 4 is 63.5 Å². The fourth-order valence-corrected chi connectivity index (χ4v) is 5.32. The number of halogens is 5. The zero-order valence-corrected chi connectivity index (χ0v) is 20.4. The fourth-order valence-electron chi connectivity index (χ4n) is 3.48. The summed E-state index contributed by atoms with van der Waals surface area (Å²) in [5.41, 5.74) is -1.21. The minimum absolute atomic E-state index is 0.0288. The second kappa shape index (κ2) is 8.99. The third-order valence-corrected chi connectivity index (χ3v) is 6.74. The van der Waals surface area contributed by atoms with Gasteiger partial charge in [0.2, 0.25) is 5.89 Å². The van der Waals surface area contributed by atoms with Crippen LogP contribution in [0.25, 0.3) is 39.5 Å². The highest BCUT2D eigenvalue weighted by atomic mass is 35.5. The van der Waals surface area contributed by atoms with E-state index in [1.807, 2.05) is 6.92 Å². The standard InChI is InChI=1S/C22H13Cl2F3N4OS2/c1-2-33-21-18(20-29-15-10-14(34-22(25,26)27)3-4-17(15)32-20)19-28-6-5-16(31(19)30-21)11-7-12(23)9-13(24)8-11/h3-10H,2H2,1H3. The Balaban J connectivity index is 1.68. The van der Waals surface area contributed by atoms with Gasteiger partial charge in [-0.15, -0.1) is 11.8 Å². The minimum Gasteiger partial charge on any atom is -0.436 e. The Bertz CT molecular complexity index is 1510. The Kier molecular flexibility index (Phi) is 6.18. The number of thioether (sulfide) groups is 2. The molecule has 34 heavy (non-hydrogen) atoms. The summed E-state index contributed by atoms with van der Waals surface area (Å²) in [4.78, 5) is 9.00. The number of rotatable bonds is 5. The van der Waals surface area contributed by atoms with Crippen LogP contribution in [0.3, 0.4) is 0 Å². The van der Waals surface area contributed by atoms with Crippen LogP contribution in [-0.2, 0) is 0 Å². The third kappa shape index (κ3) is 4.59. The first-order valence-corrected chi connectivity index (χ1v) is 12.4. The highest BCUT2D eigenvalue weighted by Crippen LogP contribution is 2.40. The van der Waals surface area contributed by atoms with E-state index in [2.05, 4.69) is 9.97 Å². The van der Waals surface area contributed by atoms with Crippen molar-refractivity contribution in [2.45, 2.75) is 22.4 Å². The lowest BCUT2D eigenvalue weighted by Gasteiger charge is -2.06. The average Bonchev–Trinajstić information content (AvgIpc) is 3.32. The lowest BCUT2D eigenvalue weighted by molar-refractivity contribution is -0.0328. The van der Waals surface area contributed by atoms with Crippen molar-refractivity contribution in [3.05, 3.63) is 58.7 Å². The number of hydrogen-bond acceptors (Lipinski definition) is 6. The van der Waals surface area contributed by atoms with Crippen molar-refractivity contribution in [3.8, 4) is 22.7 Å². The van der Waals surface area contributed by atoms with Crippen LogP contribution < -0.4 is 0 Å². The number of benzene rings is 2. The molecule has 0 radical (unpaired) electrons. The molecule has 2 aromatic carbocycles. The van der Waals surface area contributed by atoms with Crippen LogP contribution >= 0.6 is 46.7 Å². The Morgan fingerprint density at radius 3 is 2.53 bits per heavy atom. The second-order valence-corrected chi connectivity index (χ2v) is 10.3. The molecule has 5 nitrogen and oxygen atoms in total. The molecule has 12 heteroatoms.